The second-order valence-electron chi connectivity index (χ2n) is 6.09. The molecule has 102 valence electrons. The standard InChI is InChI=1S/C15H26N2S/c1-10(2)9-17(13-5-6-13)14(12(4)16)15-11(3)7-8-18-15/h7-8,10,12-14H,5-6,9,16H2,1-4H3. The maximum absolute atomic E-state index is 6.30. The van der Waals surface area contributed by atoms with Gasteiger partial charge in [0.15, 0.2) is 0 Å². The summed E-state index contributed by atoms with van der Waals surface area (Å²) in [5, 5.41) is 2.19. The van der Waals surface area contributed by atoms with Gasteiger partial charge >= 0.3 is 0 Å². The van der Waals surface area contributed by atoms with Crippen molar-refractivity contribution in [2.75, 3.05) is 6.54 Å². The van der Waals surface area contributed by atoms with Crippen molar-refractivity contribution in [3.63, 3.8) is 0 Å². The summed E-state index contributed by atoms with van der Waals surface area (Å²) in [6.07, 6.45) is 2.70. The molecule has 2 atom stereocenters. The van der Waals surface area contributed by atoms with Crippen LogP contribution in [0, 0.1) is 12.8 Å². The summed E-state index contributed by atoms with van der Waals surface area (Å²) in [6.45, 7) is 10.1. The first-order chi connectivity index (χ1) is 8.50. The third kappa shape index (κ3) is 3.14. The fourth-order valence-corrected chi connectivity index (χ4v) is 3.86. The minimum atomic E-state index is 0.196. The van der Waals surface area contributed by atoms with Crippen LogP contribution in [-0.2, 0) is 0 Å². The lowest BCUT2D eigenvalue weighted by molar-refractivity contribution is 0.150. The van der Waals surface area contributed by atoms with E-state index in [0.717, 1.165) is 12.6 Å². The average Bonchev–Trinajstić information content (AvgIpc) is 3.02. The van der Waals surface area contributed by atoms with Crippen LogP contribution < -0.4 is 5.73 Å². The maximum atomic E-state index is 6.30. The van der Waals surface area contributed by atoms with Crippen molar-refractivity contribution < 1.29 is 0 Å². The Hall–Kier alpha value is -0.380. The Bertz CT molecular complexity index is 380. The van der Waals surface area contributed by atoms with Crippen LogP contribution in [0.15, 0.2) is 11.4 Å². The average molecular weight is 266 g/mol. The molecule has 0 radical (unpaired) electrons. The highest BCUT2D eigenvalue weighted by Crippen LogP contribution is 2.39. The van der Waals surface area contributed by atoms with E-state index in [2.05, 4.69) is 44.0 Å². The van der Waals surface area contributed by atoms with Crippen molar-refractivity contribution >= 4 is 11.3 Å². The van der Waals surface area contributed by atoms with Crippen molar-refractivity contribution in [2.24, 2.45) is 11.7 Å². The summed E-state index contributed by atoms with van der Waals surface area (Å²) in [4.78, 5) is 4.13. The third-order valence-corrected chi connectivity index (χ3v) is 4.71. The van der Waals surface area contributed by atoms with Crippen molar-refractivity contribution in [1.82, 2.24) is 4.90 Å². The molecule has 18 heavy (non-hydrogen) atoms. The van der Waals surface area contributed by atoms with E-state index in [9.17, 15) is 0 Å². The van der Waals surface area contributed by atoms with Gasteiger partial charge in [-0.15, -0.1) is 11.3 Å². The summed E-state index contributed by atoms with van der Waals surface area (Å²) in [5.41, 5.74) is 7.70. The highest BCUT2D eigenvalue weighted by Gasteiger charge is 2.37. The summed E-state index contributed by atoms with van der Waals surface area (Å²) in [7, 11) is 0. The van der Waals surface area contributed by atoms with Gasteiger partial charge in [-0.2, -0.15) is 0 Å². The fourth-order valence-electron chi connectivity index (χ4n) is 2.70. The molecule has 3 heteroatoms. The molecule has 1 fully saturated rings. The van der Waals surface area contributed by atoms with Crippen molar-refractivity contribution in [2.45, 2.75) is 58.7 Å². The fraction of sp³-hybridized carbons (Fsp3) is 0.733. The van der Waals surface area contributed by atoms with Gasteiger partial charge in [-0.1, -0.05) is 13.8 Å². The van der Waals surface area contributed by atoms with Crippen molar-refractivity contribution in [3.05, 3.63) is 21.9 Å². The number of nitrogens with zero attached hydrogens (tertiary/aromatic N) is 1. The van der Waals surface area contributed by atoms with Crippen LogP contribution in [0.3, 0.4) is 0 Å². The molecule has 1 aromatic heterocycles. The van der Waals surface area contributed by atoms with Crippen LogP contribution in [0.25, 0.3) is 0 Å². The number of nitrogens with two attached hydrogens (primary N) is 1. The number of thiophene rings is 1. The van der Waals surface area contributed by atoms with Gasteiger partial charge in [0, 0.05) is 23.5 Å². The molecule has 0 bridgehead atoms. The van der Waals surface area contributed by atoms with Crippen molar-refractivity contribution in [3.8, 4) is 0 Å². The maximum Gasteiger partial charge on any atom is 0.0595 e. The van der Waals surface area contributed by atoms with E-state index in [0.29, 0.717) is 12.0 Å². The first kappa shape index (κ1) is 14.0. The van der Waals surface area contributed by atoms with Crippen molar-refractivity contribution in [1.29, 1.82) is 0 Å². The van der Waals surface area contributed by atoms with Gasteiger partial charge in [-0.25, -0.2) is 0 Å². The lowest BCUT2D eigenvalue weighted by atomic mass is 10.0. The van der Waals surface area contributed by atoms with E-state index in [1.54, 1.807) is 0 Å². The van der Waals surface area contributed by atoms with Gasteiger partial charge in [-0.05, 0) is 49.6 Å². The molecule has 1 aliphatic carbocycles. The Morgan fingerprint density at radius 3 is 2.44 bits per heavy atom. The topological polar surface area (TPSA) is 29.3 Å². The molecule has 1 aromatic rings. The van der Waals surface area contributed by atoms with Crippen LogP contribution in [0.5, 0.6) is 0 Å². The molecule has 1 heterocycles. The largest absolute Gasteiger partial charge is 0.326 e. The molecule has 2 rings (SSSR count). The monoisotopic (exact) mass is 266 g/mol. The summed E-state index contributed by atoms with van der Waals surface area (Å²) in [5.74, 6) is 0.701. The van der Waals surface area contributed by atoms with Crippen LogP contribution in [-0.4, -0.2) is 23.5 Å². The Morgan fingerprint density at radius 1 is 1.39 bits per heavy atom. The number of aryl methyl sites for hydroxylation is 1. The van der Waals surface area contributed by atoms with Gasteiger partial charge in [0.1, 0.15) is 0 Å². The van der Waals surface area contributed by atoms with E-state index in [4.69, 9.17) is 5.73 Å². The summed E-state index contributed by atoms with van der Waals surface area (Å²) < 4.78 is 0. The van der Waals surface area contributed by atoms with E-state index in [1.807, 2.05) is 11.3 Å². The zero-order valence-corrected chi connectivity index (χ0v) is 12.8. The molecule has 0 amide bonds. The van der Waals surface area contributed by atoms with E-state index in [1.165, 1.54) is 23.3 Å². The number of hydrogen-bond acceptors (Lipinski definition) is 3. The number of hydrogen-bond donors (Lipinski definition) is 1. The van der Waals surface area contributed by atoms with Gasteiger partial charge in [0.2, 0.25) is 0 Å². The van der Waals surface area contributed by atoms with Crippen LogP contribution in [0.1, 0.15) is 50.1 Å². The second kappa shape index (κ2) is 5.72. The lowest BCUT2D eigenvalue weighted by Crippen LogP contribution is -2.42. The Kier molecular flexibility index (Phi) is 4.46. The summed E-state index contributed by atoms with van der Waals surface area (Å²) in [6, 6.07) is 3.59. The van der Waals surface area contributed by atoms with Gasteiger partial charge < -0.3 is 5.73 Å². The zero-order chi connectivity index (χ0) is 13.3. The minimum absolute atomic E-state index is 0.196. The first-order valence-corrected chi connectivity index (χ1v) is 7.94. The SMILES string of the molecule is Cc1ccsc1C(C(C)N)N(CC(C)C)C1CC1. The van der Waals surface area contributed by atoms with Crippen LogP contribution >= 0.6 is 11.3 Å². The quantitative estimate of drug-likeness (QED) is 0.853. The number of rotatable bonds is 6. The second-order valence-corrected chi connectivity index (χ2v) is 7.04. The molecule has 2 unspecified atom stereocenters. The molecular formula is C15H26N2S. The summed E-state index contributed by atoms with van der Waals surface area (Å²) >= 11 is 1.86. The van der Waals surface area contributed by atoms with Crippen LogP contribution in [0.4, 0.5) is 0 Å². The van der Waals surface area contributed by atoms with E-state index < -0.39 is 0 Å². The Balaban J connectivity index is 2.24. The zero-order valence-electron chi connectivity index (χ0n) is 12.0. The molecule has 0 aromatic carbocycles. The third-order valence-electron chi connectivity index (χ3n) is 3.62. The van der Waals surface area contributed by atoms with E-state index in [-0.39, 0.29) is 6.04 Å². The smallest absolute Gasteiger partial charge is 0.0595 e. The lowest BCUT2D eigenvalue weighted by Gasteiger charge is -2.35. The molecule has 1 saturated carbocycles. The molecule has 2 N–H and O–H groups in total. The molecule has 0 aliphatic heterocycles. The van der Waals surface area contributed by atoms with Crippen LogP contribution in [0.2, 0.25) is 0 Å². The first-order valence-electron chi connectivity index (χ1n) is 7.06. The predicted molar refractivity (Wildman–Crippen MR) is 80.0 cm³/mol. The van der Waals surface area contributed by atoms with E-state index >= 15 is 0 Å². The molecule has 1 aliphatic rings. The molecular weight excluding hydrogens is 240 g/mol. The van der Waals surface area contributed by atoms with Gasteiger partial charge in [0.25, 0.3) is 0 Å². The highest BCUT2D eigenvalue weighted by molar-refractivity contribution is 7.10. The molecule has 0 spiro atoms. The normalized spacial score (nSPS) is 19.5. The van der Waals surface area contributed by atoms with Gasteiger partial charge in [0.05, 0.1) is 6.04 Å². The Labute approximate surface area is 115 Å². The minimum Gasteiger partial charge on any atom is -0.326 e. The highest BCUT2D eigenvalue weighted by atomic mass is 32.1. The van der Waals surface area contributed by atoms with Gasteiger partial charge in [-0.3, -0.25) is 4.90 Å². The molecule has 0 saturated heterocycles. The Morgan fingerprint density at radius 2 is 2.06 bits per heavy atom. The molecule has 2 nitrogen and oxygen atoms in total. The predicted octanol–water partition coefficient (Wildman–Crippen LogP) is 3.57.